The van der Waals surface area contributed by atoms with E-state index in [1.807, 2.05) is 31.2 Å². The third-order valence-corrected chi connectivity index (χ3v) is 9.30. The number of furan rings is 1. The molecule has 1 saturated heterocycles. The van der Waals surface area contributed by atoms with E-state index in [9.17, 15) is 14.4 Å². The van der Waals surface area contributed by atoms with Crippen LogP contribution >= 0.6 is 11.8 Å². The number of nitrogens with one attached hydrogen (secondary N) is 2. The Bertz CT molecular complexity index is 1340. The lowest BCUT2D eigenvalue weighted by molar-refractivity contribution is -0.126. The predicted octanol–water partition coefficient (Wildman–Crippen LogP) is 4.28. The van der Waals surface area contributed by atoms with Crippen LogP contribution in [0.3, 0.4) is 0 Å². The maximum atomic E-state index is 13.6. The van der Waals surface area contributed by atoms with E-state index < -0.39 is 5.25 Å². The highest BCUT2D eigenvalue weighted by Crippen LogP contribution is 2.32. The van der Waals surface area contributed by atoms with Crippen molar-refractivity contribution in [2.24, 2.45) is 11.8 Å². The van der Waals surface area contributed by atoms with Gasteiger partial charge in [0.15, 0.2) is 5.16 Å². The van der Waals surface area contributed by atoms with Crippen LogP contribution in [0.4, 0.5) is 0 Å². The van der Waals surface area contributed by atoms with Gasteiger partial charge in [0.1, 0.15) is 5.76 Å². The maximum Gasteiger partial charge on any atom is 0.262 e. The molecule has 40 heavy (non-hydrogen) atoms. The second-order valence-corrected chi connectivity index (χ2v) is 11.9. The second-order valence-electron chi connectivity index (χ2n) is 10.7. The van der Waals surface area contributed by atoms with E-state index in [4.69, 9.17) is 14.1 Å². The Hall–Kier alpha value is -3.11. The van der Waals surface area contributed by atoms with Gasteiger partial charge in [-0.3, -0.25) is 19.0 Å². The first kappa shape index (κ1) is 28.4. The van der Waals surface area contributed by atoms with E-state index in [2.05, 4.69) is 10.6 Å². The minimum Gasteiger partial charge on any atom is -0.467 e. The lowest BCUT2D eigenvalue weighted by Crippen LogP contribution is -2.38. The van der Waals surface area contributed by atoms with Gasteiger partial charge in [0.05, 0.1) is 35.1 Å². The molecular formula is C30H38N4O5S. The SMILES string of the molecule is CCC(Sc1nc2ccccc2c(=O)n1CC1CCC(C(=O)NCC2CCCO2)CC1)C(=O)NCc1ccco1. The zero-order valence-corrected chi connectivity index (χ0v) is 23.8. The number of hydrogen-bond acceptors (Lipinski definition) is 7. The largest absolute Gasteiger partial charge is 0.467 e. The molecule has 1 aromatic carbocycles. The van der Waals surface area contributed by atoms with Crippen molar-refractivity contribution in [3.63, 3.8) is 0 Å². The highest BCUT2D eigenvalue weighted by atomic mass is 32.2. The van der Waals surface area contributed by atoms with Gasteiger partial charge < -0.3 is 19.8 Å². The number of ether oxygens (including phenoxy) is 1. The van der Waals surface area contributed by atoms with Crippen molar-refractivity contribution in [2.45, 2.75) is 81.5 Å². The van der Waals surface area contributed by atoms with Gasteiger partial charge in [-0.25, -0.2) is 4.98 Å². The highest BCUT2D eigenvalue weighted by Gasteiger charge is 2.29. The van der Waals surface area contributed by atoms with Crippen molar-refractivity contribution in [3.05, 3.63) is 58.8 Å². The molecule has 2 unspecified atom stereocenters. The molecule has 2 N–H and O–H groups in total. The minimum atomic E-state index is -0.405. The van der Waals surface area contributed by atoms with Crippen molar-refractivity contribution >= 4 is 34.5 Å². The molecule has 0 radical (unpaired) electrons. The summed E-state index contributed by atoms with van der Waals surface area (Å²) in [6.45, 7) is 4.16. The number of benzene rings is 1. The molecular weight excluding hydrogens is 528 g/mol. The predicted molar refractivity (Wildman–Crippen MR) is 154 cm³/mol. The topological polar surface area (TPSA) is 115 Å². The van der Waals surface area contributed by atoms with Crippen molar-refractivity contribution < 1.29 is 18.7 Å². The molecule has 9 nitrogen and oxygen atoms in total. The average Bonchev–Trinajstić information content (AvgIpc) is 3.70. The summed E-state index contributed by atoms with van der Waals surface area (Å²) < 4.78 is 12.7. The van der Waals surface area contributed by atoms with Crippen molar-refractivity contribution in [1.82, 2.24) is 20.2 Å². The summed E-state index contributed by atoms with van der Waals surface area (Å²) in [6.07, 6.45) is 7.70. The van der Waals surface area contributed by atoms with Gasteiger partial charge in [-0.1, -0.05) is 30.8 Å². The number of aromatic nitrogens is 2. The lowest BCUT2D eigenvalue weighted by Gasteiger charge is -2.29. The maximum absolute atomic E-state index is 13.6. The zero-order chi connectivity index (χ0) is 27.9. The van der Waals surface area contributed by atoms with Gasteiger partial charge in [0.25, 0.3) is 5.56 Å². The first-order valence-electron chi connectivity index (χ1n) is 14.4. The molecule has 1 aliphatic carbocycles. The second kappa shape index (κ2) is 13.5. The number of fused-ring (bicyclic) bond motifs is 1. The molecule has 10 heteroatoms. The summed E-state index contributed by atoms with van der Waals surface area (Å²) in [5.41, 5.74) is 0.541. The fourth-order valence-corrected chi connectivity index (χ4v) is 6.63. The van der Waals surface area contributed by atoms with Gasteiger partial charge >= 0.3 is 0 Å². The molecule has 0 spiro atoms. The van der Waals surface area contributed by atoms with Crippen LogP contribution in [-0.4, -0.2) is 45.9 Å². The first-order chi connectivity index (χ1) is 19.5. The fourth-order valence-electron chi connectivity index (χ4n) is 5.58. The first-order valence-corrected chi connectivity index (χ1v) is 15.3. The van der Waals surface area contributed by atoms with Crippen molar-refractivity contribution in [3.8, 4) is 0 Å². The van der Waals surface area contributed by atoms with Crippen molar-refractivity contribution in [1.29, 1.82) is 0 Å². The van der Waals surface area contributed by atoms with Crippen LogP contribution in [0.25, 0.3) is 10.9 Å². The van der Waals surface area contributed by atoms with Crippen molar-refractivity contribution in [2.75, 3.05) is 13.2 Å². The van der Waals surface area contributed by atoms with E-state index in [0.717, 1.165) is 45.1 Å². The smallest absolute Gasteiger partial charge is 0.262 e. The highest BCUT2D eigenvalue weighted by molar-refractivity contribution is 8.00. The Morgan fingerprint density at radius 2 is 1.93 bits per heavy atom. The molecule has 2 aromatic heterocycles. The number of amides is 2. The van der Waals surface area contributed by atoms with E-state index in [1.165, 1.54) is 11.8 Å². The molecule has 3 aromatic rings. The van der Waals surface area contributed by atoms with Crippen LogP contribution in [0.5, 0.6) is 0 Å². The standard InChI is InChI=1S/C30H38N4O5S/c1-2-26(28(36)32-18-23-8-6-16-39-23)40-30-33-25-10-4-3-9-24(25)29(37)34(30)19-20-11-13-21(14-12-20)27(35)31-17-22-7-5-15-38-22/h3-4,6,8-10,16,20-22,26H,2,5,7,11-15,17-19H2,1H3,(H,31,35)(H,32,36). The summed E-state index contributed by atoms with van der Waals surface area (Å²) in [4.78, 5) is 44.3. The van der Waals surface area contributed by atoms with Gasteiger partial charge in [-0.05, 0) is 75.1 Å². The third-order valence-electron chi connectivity index (χ3n) is 7.94. The molecule has 3 heterocycles. The van der Waals surface area contributed by atoms with E-state index in [-0.39, 0.29) is 35.3 Å². The van der Waals surface area contributed by atoms with Gasteiger partial charge in [0, 0.05) is 25.6 Å². The van der Waals surface area contributed by atoms with Crippen LogP contribution in [0, 0.1) is 11.8 Å². The monoisotopic (exact) mass is 566 g/mol. The minimum absolute atomic E-state index is 0.000258. The van der Waals surface area contributed by atoms with Crippen LogP contribution in [0.2, 0.25) is 0 Å². The van der Waals surface area contributed by atoms with Gasteiger partial charge in [-0.2, -0.15) is 0 Å². The number of rotatable bonds is 11. The summed E-state index contributed by atoms with van der Waals surface area (Å²) in [5, 5.41) is 6.74. The third kappa shape index (κ3) is 6.96. The summed E-state index contributed by atoms with van der Waals surface area (Å²) in [5.74, 6) is 0.939. The molecule has 2 amide bonds. The Kier molecular flexibility index (Phi) is 9.59. The molecule has 214 valence electrons. The lowest BCUT2D eigenvalue weighted by atomic mass is 9.81. The summed E-state index contributed by atoms with van der Waals surface area (Å²) in [7, 11) is 0. The Balaban J connectivity index is 1.26. The molecule has 1 aliphatic heterocycles. The normalized spacial score (nSPS) is 21.8. The number of hydrogen-bond donors (Lipinski definition) is 2. The number of carbonyl (C=O) groups excluding carboxylic acids is 2. The van der Waals surface area contributed by atoms with E-state index in [0.29, 0.717) is 47.9 Å². The molecule has 2 atom stereocenters. The van der Waals surface area contributed by atoms with Crippen LogP contribution < -0.4 is 16.2 Å². The quantitative estimate of drug-likeness (QED) is 0.263. The number of nitrogens with zero attached hydrogens (tertiary/aromatic N) is 2. The van der Waals surface area contributed by atoms with Crippen LogP contribution in [-0.2, 0) is 27.4 Å². The average molecular weight is 567 g/mol. The molecule has 5 rings (SSSR count). The number of para-hydroxylation sites is 1. The van der Waals surface area contributed by atoms with Crippen LogP contribution in [0.1, 0.15) is 57.6 Å². The Labute approximate surface area is 238 Å². The molecule has 0 bridgehead atoms. The number of carbonyl (C=O) groups is 2. The zero-order valence-electron chi connectivity index (χ0n) is 23.0. The van der Waals surface area contributed by atoms with Gasteiger partial charge in [-0.15, -0.1) is 0 Å². The summed E-state index contributed by atoms with van der Waals surface area (Å²) in [6, 6.07) is 11.0. The van der Waals surface area contributed by atoms with E-state index >= 15 is 0 Å². The Morgan fingerprint density at radius 3 is 2.65 bits per heavy atom. The number of thioether (sulfide) groups is 1. The molecule has 2 fully saturated rings. The molecule has 2 aliphatic rings. The fraction of sp³-hybridized carbons (Fsp3) is 0.533. The molecule has 1 saturated carbocycles. The van der Waals surface area contributed by atoms with E-state index in [1.54, 1.807) is 23.0 Å². The van der Waals surface area contributed by atoms with Crippen LogP contribution in [0.15, 0.2) is 57.0 Å². The summed E-state index contributed by atoms with van der Waals surface area (Å²) >= 11 is 1.34. The van der Waals surface area contributed by atoms with Gasteiger partial charge in [0.2, 0.25) is 11.8 Å². The Morgan fingerprint density at radius 1 is 1.10 bits per heavy atom.